The van der Waals surface area contributed by atoms with Gasteiger partial charge in [-0.05, 0) is 6.42 Å². The Morgan fingerprint density at radius 1 is 1.33 bits per heavy atom. The molecule has 4 nitrogen and oxygen atoms in total. The number of amides is 1. The number of carbonyl (C=O) groups is 2. The normalized spacial score (nSPS) is 9.50. The summed E-state index contributed by atoms with van der Waals surface area (Å²) in [6.07, 6.45) is 2.06. The average molecular weight is 172 g/mol. The van der Waals surface area contributed by atoms with Crippen LogP contribution < -0.4 is 11.1 Å². The molecule has 0 aliphatic carbocycles. The van der Waals surface area contributed by atoms with Crippen LogP contribution in [0.1, 0.15) is 32.6 Å². The first kappa shape index (κ1) is 11.1. The van der Waals surface area contributed by atoms with Gasteiger partial charge in [-0.25, -0.2) is 0 Å². The maximum atomic E-state index is 10.8. The highest BCUT2D eigenvalue weighted by Gasteiger charge is 2.01. The van der Waals surface area contributed by atoms with Gasteiger partial charge >= 0.3 is 0 Å². The largest absolute Gasteiger partial charge is 0.344 e. The summed E-state index contributed by atoms with van der Waals surface area (Å²) in [4.78, 5) is 21.6. The topological polar surface area (TPSA) is 72.2 Å². The van der Waals surface area contributed by atoms with Crippen LogP contribution in [0, 0.1) is 0 Å². The molecule has 0 saturated carbocycles. The van der Waals surface area contributed by atoms with Gasteiger partial charge in [-0.15, -0.1) is 0 Å². The van der Waals surface area contributed by atoms with Crippen molar-refractivity contribution in [1.29, 1.82) is 0 Å². The van der Waals surface area contributed by atoms with Crippen LogP contribution >= 0.6 is 0 Å². The van der Waals surface area contributed by atoms with Crippen LogP contribution in [0.5, 0.6) is 0 Å². The van der Waals surface area contributed by atoms with E-state index in [1.165, 1.54) is 0 Å². The Balaban J connectivity index is 3.30. The molecule has 0 unspecified atom stereocenters. The molecule has 0 rings (SSSR count). The van der Waals surface area contributed by atoms with Crippen LogP contribution in [0.25, 0.3) is 0 Å². The first-order chi connectivity index (χ1) is 5.70. The summed E-state index contributed by atoms with van der Waals surface area (Å²) in [6.45, 7) is 1.99. The van der Waals surface area contributed by atoms with E-state index in [0.717, 1.165) is 0 Å². The molecule has 0 aromatic carbocycles. The molecule has 0 aliphatic rings. The summed E-state index contributed by atoms with van der Waals surface area (Å²) in [5.41, 5.74) is 5.09. The predicted molar refractivity (Wildman–Crippen MR) is 46.3 cm³/mol. The summed E-state index contributed by atoms with van der Waals surface area (Å²) >= 11 is 0. The molecule has 0 aromatic rings. The minimum atomic E-state index is -0.0820. The molecule has 4 heteroatoms. The molecule has 0 aromatic heterocycles. The Bertz CT molecular complexity index is 157. The van der Waals surface area contributed by atoms with Crippen molar-refractivity contribution in [2.45, 2.75) is 32.6 Å². The first-order valence-electron chi connectivity index (χ1n) is 4.19. The summed E-state index contributed by atoms with van der Waals surface area (Å²) in [6, 6.07) is 0. The van der Waals surface area contributed by atoms with Crippen molar-refractivity contribution in [2.24, 2.45) is 5.73 Å². The van der Waals surface area contributed by atoms with Gasteiger partial charge in [0.1, 0.15) is 5.78 Å². The van der Waals surface area contributed by atoms with E-state index in [2.05, 4.69) is 5.32 Å². The van der Waals surface area contributed by atoms with E-state index in [9.17, 15) is 9.59 Å². The summed E-state index contributed by atoms with van der Waals surface area (Å²) in [7, 11) is 0. The number of hydrogen-bond donors (Lipinski definition) is 2. The SMILES string of the molecule is CCC(=O)CCCC(=O)NCN. The number of hydrogen-bond acceptors (Lipinski definition) is 3. The Kier molecular flexibility index (Phi) is 6.28. The van der Waals surface area contributed by atoms with Gasteiger partial charge in [0.15, 0.2) is 0 Å². The van der Waals surface area contributed by atoms with E-state index >= 15 is 0 Å². The zero-order valence-corrected chi connectivity index (χ0v) is 7.43. The number of nitrogens with one attached hydrogen (secondary N) is 1. The van der Waals surface area contributed by atoms with Crippen molar-refractivity contribution < 1.29 is 9.59 Å². The molecule has 70 valence electrons. The zero-order valence-electron chi connectivity index (χ0n) is 7.43. The maximum Gasteiger partial charge on any atom is 0.220 e. The highest BCUT2D eigenvalue weighted by atomic mass is 16.1. The van der Waals surface area contributed by atoms with Crippen molar-refractivity contribution in [3.05, 3.63) is 0 Å². The maximum absolute atomic E-state index is 10.8. The van der Waals surface area contributed by atoms with Crippen molar-refractivity contribution in [2.75, 3.05) is 6.67 Å². The highest BCUT2D eigenvalue weighted by molar-refractivity contribution is 5.79. The molecule has 0 bridgehead atoms. The number of nitrogens with two attached hydrogens (primary N) is 1. The lowest BCUT2D eigenvalue weighted by molar-refractivity contribution is -0.121. The second-order valence-corrected chi connectivity index (χ2v) is 2.55. The van der Waals surface area contributed by atoms with Crippen LogP contribution in [0.2, 0.25) is 0 Å². The molecule has 0 radical (unpaired) electrons. The van der Waals surface area contributed by atoms with Gasteiger partial charge in [-0.1, -0.05) is 6.92 Å². The van der Waals surface area contributed by atoms with Gasteiger partial charge in [-0.3, -0.25) is 9.59 Å². The molecule has 0 heterocycles. The van der Waals surface area contributed by atoms with Gasteiger partial charge in [0.2, 0.25) is 5.91 Å². The Morgan fingerprint density at radius 2 is 2.00 bits per heavy atom. The van der Waals surface area contributed by atoms with Crippen molar-refractivity contribution in [3.63, 3.8) is 0 Å². The fourth-order valence-electron chi connectivity index (χ4n) is 0.825. The van der Waals surface area contributed by atoms with E-state index in [1.807, 2.05) is 6.92 Å². The summed E-state index contributed by atoms with van der Waals surface area (Å²) in [5.74, 6) is 0.122. The highest BCUT2D eigenvalue weighted by Crippen LogP contribution is 1.98. The van der Waals surface area contributed by atoms with Gasteiger partial charge in [0.25, 0.3) is 0 Å². The molecule has 0 aliphatic heterocycles. The number of ketones is 1. The molecular formula is C8H16N2O2. The quantitative estimate of drug-likeness (QED) is 0.561. The van der Waals surface area contributed by atoms with Crippen LogP contribution in [0.3, 0.4) is 0 Å². The van der Waals surface area contributed by atoms with Crippen molar-refractivity contribution in [3.8, 4) is 0 Å². The Morgan fingerprint density at radius 3 is 2.50 bits per heavy atom. The zero-order chi connectivity index (χ0) is 9.40. The van der Waals surface area contributed by atoms with E-state index in [1.54, 1.807) is 0 Å². The molecule has 0 fully saturated rings. The lowest BCUT2D eigenvalue weighted by Gasteiger charge is -2.00. The van der Waals surface area contributed by atoms with Crippen LogP contribution in [0.4, 0.5) is 0 Å². The van der Waals surface area contributed by atoms with Crippen molar-refractivity contribution >= 4 is 11.7 Å². The molecular weight excluding hydrogens is 156 g/mol. The van der Waals surface area contributed by atoms with E-state index < -0.39 is 0 Å². The number of carbonyl (C=O) groups excluding carboxylic acids is 2. The van der Waals surface area contributed by atoms with Gasteiger partial charge in [0, 0.05) is 19.3 Å². The van der Waals surface area contributed by atoms with Crippen LogP contribution in [-0.4, -0.2) is 18.4 Å². The molecule has 0 atom stereocenters. The Hall–Kier alpha value is -0.900. The van der Waals surface area contributed by atoms with E-state index in [0.29, 0.717) is 25.7 Å². The van der Waals surface area contributed by atoms with Crippen molar-refractivity contribution in [1.82, 2.24) is 5.32 Å². The standard InChI is InChI=1S/C8H16N2O2/c1-2-7(11)4-3-5-8(12)10-6-9/h2-6,9H2,1H3,(H,10,12). The smallest absolute Gasteiger partial charge is 0.220 e. The van der Waals surface area contributed by atoms with E-state index in [4.69, 9.17) is 5.73 Å². The summed E-state index contributed by atoms with van der Waals surface area (Å²) < 4.78 is 0. The first-order valence-corrected chi connectivity index (χ1v) is 4.19. The number of Topliss-reactive ketones (excluding diaryl/α,β-unsaturated/α-hetero) is 1. The van der Waals surface area contributed by atoms with Crippen LogP contribution in [0.15, 0.2) is 0 Å². The Labute approximate surface area is 72.5 Å². The average Bonchev–Trinajstić information content (AvgIpc) is 2.04. The second-order valence-electron chi connectivity index (χ2n) is 2.55. The third-order valence-electron chi connectivity index (χ3n) is 1.55. The molecule has 3 N–H and O–H groups in total. The number of rotatable bonds is 6. The van der Waals surface area contributed by atoms with Gasteiger partial charge in [0.05, 0.1) is 6.67 Å². The minimum absolute atomic E-state index is 0.0820. The monoisotopic (exact) mass is 172 g/mol. The fourth-order valence-corrected chi connectivity index (χ4v) is 0.825. The van der Waals surface area contributed by atoms with E-state index in [-0.39, 0.29) is 18.4 Å². The molecule has 12 heavy (non-hydrogen) atoms. The lowest BCUT2D eigenvalue weighted by atomic mass is 10.1. The summed E-state index contributed by atoms with van der Waals surface area (Å²) in [5, 5.41) is 2.46. The second kappa shape index (κ2) is 6.79. The third-order valence-corrected chi connectivity index (χ3v) is 1.55. The molecule has 0 spiro atoms. The van der Waals surface area contributed by atoms with Crippen LogP contribution in [-0.2, 0) is 9.59 Å². The predicted octanol–water partition coefficient (Wildman–Crippen LogP) is 0.168. The minimum Gasteiger partial charge on any atom is -0.344 e. The van der Waals surface area contributed by atoms with Gasteiger partial charge in [-0.2, -0.15) is 0 Å². The molecule has 1 amide bonds. The fraction of sp³-hybridized carbons (Fsp3) is 0.750. The van der Waals surface area contributed by atoms with Gasteiger partial charge < -0.3 is 11.1 Å². The molecule has 0 saturated heterocycles. The third kappa shape index (κ3) is 5.85. The lowest BCUT2D eigenvalue weighted by Crippen LogP contribution is -2.29.